The van der Waals surface area contributed by atoms with Crippen LogP contribution in [0.1, 0.15) is 54.3 Å². The van der Waals surface area contributed by atoms with Gasteiger partial charge in [-0.2, -0.15) is 0 Å². The molecule has 2 aromatic rings. The third kappa shape index (κ3) is 3.15. The molecule has 1 unspecified atom stereocenters. The highest BCUT2D eigenvalue weighted by Gasteiger charge is 2.19. The van der Waals surface area contributed by atoms with Crippen molar-refractivity contribution in [2.75, 3.05) is 0 Å². The van der Waals surface area contributed by atoms with Gasteiger partial charge in [0.1, 0.15) is 0 Å². The molecule has 0 aliphatic rings. The van der Waals surface area contributed by atoms with E-state index in [1.165, 1.54) is 22.3 Å². The first-order valence-corrected chi connectivity index (χ1v) is 8.17. The van der Waals surface area contributed by atoms with E-state index < -0.39 is 0 Å². The molecule has 2 aromatic carbocycles. The molecule has 0 aromatic heterocycles. The van der Waals surface area contributed by atoms with Crippen LogP contribution in [0.5, 0.6) is 0 Å². The zero-order chi connectivity index (χ0) is 14.8. The molecular formula is C19H23Br. The van der Waals surface area contributed by atoms with Crippen LogP contribution in [0, 0.1) is 6.92 Å². The number of hydrogen-bond donors (Lipinski definition) is 0. The summed E-state index contributed by atoms with van der Waals surface area (Å²) in [5.41, 5.74) is 5.65. The quantitative estimate of drug-likeness (QED) is 0.588. The van der Waals surface area contributed by atoms with E-state index in [1.54, 1.807) is 0 Å². The summed E-state index contributed by atoms with van der Waals surface area (Å²) in [7, 11) is 0. The molecule has 0 amide bonds. The normalized spacial score (nSPS) is 13.2. The van der Waals surface area contributed by atoms with Crippen LogP contribution in [-0.2, 0) is 5.41 Å². The number of benzene rings is 2. The number of alkyl halides is 1. The lowest BCUT2D eigenvalue weighted by Crippen LogP contribution is -2.15. The minimum absolute atomic E-state index is 0.253. The number of hydrogen-bond acceptors (Lipinski definition) is 0. The van der Waals surface area contributed by atoms with E-state index in [2.05, 4.69) is 92.2 Å². The van der Waals surface area contributed by atoms with Crippen molar-refractivity contribution in [1.82, 2.24) is 0 Å². The van der Waals surface area contributed by atoms with Gasteiger partial charge in [0.25, 0.3) is 0 Å². The second-order valence-electron chi connectivity index (χ2n) is 6.08. The molecule has 0 N–H and O–H groups in total. The molecule has 0 nitrogen and oxygen atoms in total. The highest BCUT2D eigenvalue weighted by atomic mass is 79.9. The summed E-state index contributed by atoms with van der Waals surface area (Å²) in [5, 5.41) is 0. The van der Waals surface area contributed by atoms with Gasteiger partial charge in [-0.15, -0.1) is 0 Å². The van der Waals surface area contributed by atoms with Crippen molar-refractivity contribution >= 4 is 15.9 Å². The second-order valence-corrected chi connectivity index (χ2v) is 6.99. The van der Waals surface area contributed by atoms with Gasteiger partial charge in [-0.25, -0.2) is 0 Å². The monoisotopic (exact) mass is 330 g/mol. The van der Waals surface area contributed by atoms with E-state index in [9.17, 15) is 0 Å². The zero-order valence-electron chi connectivity index (χ0n) is 12.8. The summed E-state index contributed by atoms with van der Waals surface area (Å²) in [6.07, 6.45) is 1.15. The maximum Gasteiger partial charge on any atom is 0.0647 e. The summed E-state index contributed by atoms with van der Waals surface area (Å²) < 4.78 is 0. The largest absolute Gasteiger partial charge is 0.0786 e. The standard InChI is InChI=1S/C19H23Br/c1-5-19(3,4)16-12-10-15(11-13-16)18(20)17-9-7-6-8-14(17)2/h6-13,18H,5H2,1-4H3. The van der Waals surface area contributed by atoms with Crippen LogP contribution in [0.4, 0.5) is 0 Å². The molecule has 0 aliphatic heterocycles. The van der Waals surface area contributed by atoms with E-state index >= 15 is 0 Å². The van der Waals surface area contributed by atoms with Gasteiger partial charge < -0.3 is 0 Å². The van der Waals surface area contributed by atoms with Crippen LogP contribution in [0.2, 0.25) is 0 Å². The van der Waals surface area contributed by atoms with Crippen LogP contribution in [0.25, 0.3) is 0 Å². The SMILES string of the molecule is CCC(C)(C)c1ccc(C(Br)c2ccccc2C)cc1. The van der Waals surface area contributed by atoms with Gasteiger partial charge in [-0.05, 0) is 41.0 Å². The minimum Gasteiger partial charge on any atom is -0.0786 e. The fourth-order valence-electron chi connectivity index (χ4n) is 2.36. The van der Waals surface area contributed by atoms with Gasteiger partial charge in [0.2, 0.25) is 0 Å². The van der Waals surface area contributed by atoms with Crippen molar-refractivity contribution < 1.29 is 0 Å². The molecule has 0 bridgehead atoms. The Morgan fingerprint density at radius 2 is 1.60 bits per heavy atom. The smallest absolute Gasteiger partial charge is 0.0647 e. The molecule has 0 saturated heterocycles. The summed E-state index contributed by atoms with van der Waals surface area (Å²) in [6.45, 7) is 9.01. The van der Waals surface area contributed by atoms with Crippen LogP contribution in [-0.4, -0.2) is 0 Å². The molecule has 2 rings (SSSR count). The number of halogens is 1. The van der Waals surface area contributed by atoms with Crippen LogP contribution < -0.4 is 0 Å². The van der Waals surface area contributed by atoms with Crippen LogP contribution >= 0.6 is 15.9 Å². The summed E-state index contributed by atoms with van der Waals surface area (Å²) in [6, 6.07) is 17.6. The lowest BCUT2D eigenvalue weighted by atomic mass is 9.82. The lowest BCUT2D eigenvalue weighted by molar-refractivity contribution is 0.506. The Balaban J connectivity index is 2.29. The van der Waals surface area contributed by atoms with Gasteiger partial charge in [0, 0.05) is 0 Å². The summed E-state index contributed by atoms with van der Waals surface area (Å²) >= 11 is 3.84. The third-order valence-corrected chi connectivity index (χ3v) is 5.35. The van der Waals surface area contributed by atoms with Gasteiger partial charge in [0.05, 0.1) is 4.83 Å². The summed E-state index contributed by atoms with van der Waals surface area (Å²) in [5.74, 6) is 0. The molecule has 0 radical (unpaired) electrons. The van der Waals surface area contributed by atoms with Crippen LogP contribution in [0.15, 0.2) is 48.5 Å². The fraction of sp³-hybridized carbons (Fsp3) is 0.368. The first-order valence-electron chi connectivity index (χ1n) is 7.25. The lowest BCUT2D eigenvalue weighted by Gasteiger charge is -2.24. The Kier molecular flexibility index (Phi) is 4.70. The van der Waals surface area contributed by atoms with Crippen molar-refractivity contribution in [3.8, 4) is 0 Å². The van der Waals surface area contributed by atoms with Crippen molar-refractivity contribution in [3.63, 3.8) is 0 Å². The molecule has 1 atom stereocenters. The summed E-state index contributed by atoms with van der Waals surface area (Å²) in [4.78, 5) is 0.266. The van der Waals surface area contributed by atoms with E-state index in [4.69, 9.17) is 0 Å². The maximum atomic E-state index is 3.84. The zero-order valence-corrected chi connectivity index (χ0v) is 14.4. The van der Waals surface area contributed by atoms with Crippen molar-refractivity contribution in [1.29, 1.82) is 0 Å². The Labute approximate surface area is 131 Å². The first kappa shape index (κ1) is 15.3. The highest BCUT2D eigenvalue weighted by Crippen LogP contribution is 2.34. The average Bonchev–Trinajstić information content (AvgIpc) is 2.47. The molecule has 20 heavy (non-hydrogen) atoms. The van der Waals surface area contributed by atoms with Crippen molar-refractivity contribution in [2.24, 2.45) is 0 Å². The third-order valence-electron chi connectivity index (χ3n) is 4.33. The van der Waals surface area contributed by atoms with Gasteiger partial charge in [0.15, 0.2) is 0 Å². The topological polar surface area (TPSA) is 0 Å². The predicted molar refractivity (Wildman–Crippen MR) is 91.7 cm³/mol. The van der Waals surface area contributed by atoms with Gasteiger partial charge in [-0.1, -0.05) is 85.2 Å². The molecule has 106 valence electrons. The number of rotatable bonds is 4. The maximum absolute atomic E-state index is 3.84. The van der Waals surface area contributed by atoms with E-state index in [0.29, 0.717) is 0 Å². The van der Waals surface area contributed by atoms with Gasteiger partial charge >= 0.3 is 0 Å². The van der Waals surface area contributed by atoms with Crippen LogP contribution in [0.3, 0.4) is 0 Å². The Hall–Kier alpha value is -1.08. The molecule has 0 saturated carbocycles. The Bertz CT molecular complexity index is 567. The Morgan fingerprint density at radius 3 is 2.15 bits per heavy atom. The molecular weight excluding hydrogens is 308 g/mol. The molecule has 0 aliphatic carbocycles. The van der Waals surface area contributed by atoms with Gasteiger partial charge in [-0.3, -0.25) is 0 Å². The van der Waals surface area contributed by atoms with E-state index in [-0.39, 0.29) is 10.2 Å². The predicted octanol–water partition coefficient (Wildman–Crippen LogP) is 6.17. The highest BCUT2D eigenvalue weighted by molar-refractivity contribution is 9.09. The van der Waals surface area contributed by atoms with Crippen molar-refractivity contribution in [2.45, 2.75) is 44.4 Å². The van der Waals surface area contributed by atoms with Crippen molar-refractivity contribution in [3.05, 3.63) is 70.8 Å². The minimum atomic E-state index is 0.253. The second kappa shape index (κ2) is 6.13. The molecule has 1 heteroatoms. The fourth-order valence-corrected chi connectivity index (χ4v) is 3.18. The Morgan fingerprint density at radius 1 is 1.00 bits per heavy atom. The van der Waals surface area contributed by atoms with E-state index in [1.807, 2.05) is 0 Å². The molecule has 0 heterocycles. The number of aryl methyl sites for hydroxylation is 1. The molecule has 0 fully saturated rings. The first-order chi connectivity index (χ1) is 9.45. The average molecular weight is 331 g/mol. The van der Waals surface area contributed by atoms with E-state index in [0.717, 1.165) is 6.42 Å². The molecule has 0 spiro atoms.